The molecule has 0 bridgehead atoms. The van der Waals surface area contributed by atoms with Crippen LogP contribution in [0.4, 0.5) is 0 Å². The molecule has 138 valence electrons. The summed E-state index contributed by atoms with van der Waals surface area (Å²) in [5.74, 6) is -1.31. The van der Waals surface area contributed by atoms with Gasteiger partial charge in [-0.3, -0.25) is 4.79 Å². The van der Waals surface area contributed by atoms with E-state index in [9.17, 15) is 14.7 Å². The summed E-state index contributed by atoms with van der Waals surface area (Å²) in [6.45, 7) is 0. The van der Waals surface area contributed by atoms with Crippen LogP contribution < -0.4 is 5.32 Å². The lowest BCUT2D eigenvalue weighted by Crippen LogP contribution is -2.46. The number of aromatic nitrogens is 2. The van der Waals surface area contributed by atoms with Crippen molar-refractivity contribution in [3.63, 3.8) is 0 Å². The van der Waals surface area contributed by atoms with Crippen LogP contribution in [0.5, 0.6) is 0 Å². The molecule has 1 amide bonds. The number of thiol groups is 1. The predicted octanol–water partition coefficient (Wildman–Crippen LogP) is 2.56. The van der Waals surface area contributed by atoms with E-state index in [2.05, 4.69) is 49.9 Å². The van der Waals surface area contributed by atoms with Gasteiger partial charge in [0.2, 0.25) is 5.91 Å². The average Bonchev–Trinajstić information content (AvgIpc) is 3.25. The number of H-pyrrole nitrogens is 1. The lowest BCUT2D eigenvalue weighted by atomic mass is 9.87. The molecule has 1 aromatic heterocycles. The van der Waals surface area contributed by atoms with Crippen LogP contribution in [0, 0.1) is 5.92 Å². The smallest absolute Gasteiger partial charge is 0.326 e. The van der Waals surface area contributed by atoms with Crippen molar-refractivity contribution in [2.75, 3.05) is 5.75 Å². The molecule has 6 nitrogen and oxygen atoms in total. The minimum atomic E-state index is -1.07. The molecule has 26 heavy (non-hydrogen) atoms. The van der Waals surface area contributed by atoms with E-state index in [-0.39, 0.29) is 24.2 Å². The number of benzene rings is 1. The summed E-state index contributed by atoms with van der Waals surface area (Å²) < 4.78 is 1.02. The third-order valence-electron chi connectivity index (χ3n) is 4.83. The van der Waals surface area contributed by atoms with Gasteiger partial charge >= 0.3 is 5.97 Å². The maximum absolute atomic E-state index is 12.8. The molecule has 3 N–H and O–H groups in total. The fourth-order valence-corrected chi connectivity index (χ4v) is 4.35. The van der Waals surface area contributed by atoms with E-state index in [4.69, 9.17) is 0 Å². The second kappa shape index (κ2) is 8.26. The Morgan fingerprint density at radius 1 is 1.46 bits per heavy atom. The molecule has 0 saturated carbocycles. The molecule has 8 heteroatoms. The molecule has 1 aromatic carbocycles. The van der Waals surface area contributed by atoms with Crippen molar-refractivity contribution in [2.24, 2.45) is 5.92 Å². The SMILES string of the molecule is O=C(O)C(Cc1c[nH]cn1)NC(=O)C(CS)C1CCc2cc(Br)ccc21. The topological polar surface area (TPSA) is 95.1 Å². The molecular weight excluding hydrogens is 418 g/mol. The Morgan fingerprint density at radius 3 is 2.92 bits per heavy atom. The molecule has 0 fully saturated rings. The van der Waals surface area contributed by atoms with Gasteiger partial charge < -0.3 is 15.4 Å². The molecule has 3 atom stereocenters. The van der Waals surface area contributed by atoms with E-state index >= 15 is 0 Å². The second-order valence-electron chi connectivity index (χ2n) is 6.44. The van der Waals surface area contributed by atoms with Crippen LogP contribution in [0.25, 0.3) is 0 Å². The van der Waals surface area contributed by atoms with Crippen LogP contribution in [-0.2, 0) is 22.4 Å². The number of imidazole rings is 1. The number of amides is 1. The number of carboxylic acids is 1. The van der Waals surface area contributed by atoms with Gasteiger partial charge in [-0.25, -0.2) is 9.78 Å². The van der Waals surface area contributed by atoms with Crippen molar-refractivity contribution in [3.8, 4) is 0 Å². The first-order chi connectivity index (χ1) is 12.5. The molecule has 1 aliphatic rings. The van der Waals surface area contributed by atoms with E-state index in [1.165, 1.54) is 11.9 Å². The monoisotopic (exact) mass is 437 g/mol. The molecule has 0 aliphatic heterocycles. The highest BCUT2D eigenvalue weighted by Crippen LogP contribution is 2.40. The van der Waals surface area contributed by atoms with Gasteiger partial charge in [0.1, 0.15) is 6.04 Å². The van der Waals surface area contributed by atoms with Gasteiger partial charge in [-0.2, -0.15) is 12.6 Å². The summed E-state index contributed by atoms with van der Waals surface area (Å²) in [5, 5.41) is 12.1. The third-order valence-corrected chi connectivity index (χ3v) is 5.72. The molecular formula is C18H20BrN3O3S. The second-order valence-corrected chi connectivity index (χ2v) is 7.72. The lowest BCUT2D eigenvalue weighted by Gasteiger charge is -2.24. The summed E-state index contributed by atoms with van der Waals surface area (Å²) in [4.78, 5) is 31.2. The summed E-state index contributed by atoms with van der Waals surface area (Å²) in [6, 6.07) is 5.08. The van der Waals surface area contributed by atoms with E-state index in [0.29, 0.717) is 11.4 Å². The van der Waals surface area contributed by atoms with E-state index in [1.54, 1.807) is 6.20 Å². The zero-order valence-corrected chi connectivity index (χ0v) is 16.5. The number of aliphatic carboxylic acids is 1. The van der Waals surface area contributed by atoms with Crippen molar-refractivity contribution < 1.29 is 14.7 Å². The zero-order chi connectivity index (χ0) is 18.7. The Bertz CT molecular complexity index is 797. The molecule has 0 spiro atoms. The number of hydrogen-bond acceptors (Lipinski definition) is 4. The van der Waals surface area contributed by atoms with Crippen LogP contribution in [0.2, 0.25) is 0 Å². The number of halogens is 1. The van der Waals surface area contributed by atoms with Crippen molar-refractivity contribution in [1.29, 1.82) is 0 Å². The number of carboxylic acid groups (broad SMARTS) is 1. The standard InChI is InChI=1S/C18H20BrN3O3S/c19-11-2-4-13-10(5-11)1-3-14(13)15(8-26)17(23)22-16(18(24)25)6-12-7-20-9-21-12/h2,4-5,7,9,14-16,26H,1,3,6,8H2,(H,20,21)(H,22,23)(H,24,25). The Labute approximate surface area is 165 Å². The van der Waals surface area contributed by atoms with E-state index in [1.807, 2.05) is 12.1 Å². The van der Waals surface area contributed by atoms with Crippen LogP contribution >= 0.6 is 28.6 Å². The Hall–Kier alpha value is -1.80. The summed E-state index contributed by atoms with van der Waals surface area (Å²) in [7, 11) is 0. The minimum absolute atomic E-state index is 0.0513. The number of rotatable bonds is 7. The predicted molar refractivity (Wildman–Crippen MR) is 104 cm³/mol. The average molecular weight is 438 g/mol. The molecule has 0 saturated heterocycles. The molecule has 3 rings (SSSR count). The highest BCUT2D eigenvalue weighted by molar-refractivity contribution is 9.10. The number of nitrogens with one attached hydrogen (secondary N) is 2. The highest BCUT2D eigenvalue weighted by Gasteiger charge is 2.35. The molecule has 1 aliphatic carbocycles. The molecule has 2 aromatic rings. The van der Waals surface area contributed by atoms with Crippen LogP contribution in [-0.4, -0.2) is 38.7 Å². The van der Waals surface area contributed by atoms with Gasteiger partial charge in [-0.15, -0.1) is 0 Å². The minimum Gasteiger partial charge on any atom is -0.480 e. The lowest BCUT2D eigenvalue weighted by molar-refractivity contribution is -0.142. The number of carbonyl (C=O) groups is 2. The number of hydrogen-bond donors (Lipinski definition) is 4. The number of carbonyl (C=O) groups excluding carboxylic acids is 1. The quantitative estimate of drug-likeness (QED) is 0.500. The van der Waals surface area contributed by atoms with Gasteiger partial charge in [-0.1, -0.05) is 22.0 Å². The number of aromatic amines is 1. The molecule has 1 heterocycles. The summed E-state index contributed by atoms with van der Waals surface area (Å²) in [6.07, 6.45) is 5.02. The first-order valence-corrected chi connectivity index (χ1v) is 9.82. The fraction of sp³-hybridized carbons (Fsp3) is 0.389. The molecule has 3 unspecified atom stereocenters. The van der Waals surface area contributed by atoms with E-state index < -0.39 is 12.0 Å². The van der Waals surface area contributed by atoms with Crippen molar-refractivity contribution in [2.45, 2.75) is 31.2 Å². The van der Waals surface area contributed by atoms with Gasteiger partial charge in [0.25, 0.3) is 0 Å². The van der Waals surface area contributed by atoms with Crippen LogP contribution in [0.3, 0.4) is 0 Å². The Morgan fingerprint density at radius 2 is 2.27 bits per heavy atom. The first-order valence-electron chi connectivity index (χ1n) is 8.39. The summed E-state index contributed by atoms with van der Waals surface area (Å²) in [5.41, 5.74) is 2.98. The fourth-order valence-electron chi connectivity index (χ4n) is 3.52. The number of aryl methyl sites for hydroxylation is 1. The zero-order valence-electron chi connectivity index (χ0n) is 14.0. The number of fused-ring (bicyclic) bond motifs is 1. The largest absolute Gasteiger partial charge is 0.480 e. The highest BCUT2D eigenvalue weighted by atomic mass is 79.9. The van der Waals surface area contributed by atoms with Gasteiger partial charge in [0.05, 0.1) is 17.9 Å². The maximum Gasteiger partial charge on any atom is 0.326 e. The van der Waals surface area contributed by atoms with Gasteiger partial charge in [0.15, 0.2) is 0 Å². The first kappa shape index (κ1) is 19.0. The van der Waals surface area contributed by atoms with Crippen LogP contribution in [0.15, 0.2) is 35.2 Å². The maximum atomic E-state index is 12.8. The van der Waals surface area contributed by atoms with Crippen molar-refractivity contribution >= 4 is 40.4 Å². The molecule has 0 radical (unpaired) electrons. The van der Waals surface area contributed by atoms with Crippen LogP contribution in [0.1, 0.15) is 29.2 Å². The van der Waals surface area contributed by atoms with Crippen molar-refractivity contribution in [3.05, 3.63) is 52.0 Å². The normalized spacial score (nSPS) is 18.2. The van der Waals surface area contributed by atoms with Crippen molar-refractivity contribution in [1.82, 2.24) is 15.3 Å². The van der Waals surface area contributed by atoms with E-state index in [0.717, 1.165) is 22.9 Å². The Kier molecular flexibility index (Phi) is 6.03. The summed E-state index contributed by atoms with van der Waals surface area (Å²) >= 11 is 7.85. The third kappa shape index (κ3) is 4.12. The number of nitrogens with zero attached hydrogens (tertiary/aromatic N) is 1. The Balaban J connectivity index is 1.74. The van der Waals surface area contributed by atoms with Gasteiger partial charge in [0, 0.05) is 22.8 Å². The van der Waals surface area contributed by atoms with Gasteiger partial charge in [-0.05, 0) is 42.0 Å².